The monoisotopic (exact) mass is 211 g/mol. The van der Waals surface area contributed by atoms with Crippen LogP contribution in [0.5, 0.6) is 0 Å². The first-order valence-electron chi connectivity index (χ1n) is 6.06. The van der Waals surface area contributed by atoms with E-state index in [9.17, 15) is 0 Å². The summed E-state index contributed by atoms with van der Waals surface area (Å²) in [6.07, 6.45) is 8.71. The lowest BCUT2D eigenvalue weighted by molar-refractivity contribution is -0.0720. The van der Waals surface area contributed by atoms with E-state index in [4.69, 9.17) is 10.5 Å². The molecule has 1 rings (SSSR count). The van der Waals surface area contributed by atoms with E-state index in [0.717, 1.165) is 31.6 Å². The van der Waals surface area contributed by atoms with E-state index in [2.05, 4.69) is 13.5 Å². The summed E-state index contributed by atoms with van der Waals surface area (Å²) in [5.41, 5.74) is 6.20. The predicted molar refractivity (Wildman–Crippen MR) is 64.8 cm³/mol. The molecule has 3 unspecified atom stereocenters. The fourth-order valence-electron chi connectivity index (χ4n) is 2.78. The van der Waals surface area contributed by atoms with Gasteiger partial charge in [0.05, 0.1) is 5.60 Å². The van der Waals surface area contributed by atoms with Crippen LogP contribution in [0.15, 0.2) is 12.7 Å². The normalized spacial score (nSPS) is 33.7. The van der Waals surface area contributed by atoms with Gasteiger partial charge in [-0.2, -0.15) is 0 Å². The van der Waals surface area contributed by atoms with Crippen molar-refractivity contribution in [3.05, 3.63) is 12.7 Å². The predicted octanol–water partition coefficient (Wildman–Crippen LogP) is 2.88. The molecule has 0 aliphatic heterocycles. The molecule has 1 aliphatic rings. The Morgan fingerprint density at radius 2 is 2.40 bits per heavy atom. The maximum atomic E-state index is 6.27. The van der Waals surface area contributed by atoms with Crippen LogP contribution in [0, 0.1) is 5.92 Å². The van der Waals surface area contributed by atoms with Gasteiger partial charge >= 0.3 is 0 Å². The molecule has 0 aromatic rings. The maximum Gasteiger partial charge on any atom is 0.0831 e. The van der Waals surface area contributed by atoms with Crippen LogP contribution in [0.3, 0.4) is 0 Å². The minimum absolute atomic E-state index is 0.0688. The van der Waals surface area contributed by atoms with Crippen molar-refractivity contribution in [1.29, 1.82) is 0 Å². The van der Waals surface area contributed by atoms with E-state index in [1.807, 2.05) is 13.2 Å². The summed E-state index contributed by atoms with van der Waals surface area (Å²) in [7, 11) is 1.81. The van der Waals surface area contributed by atoms with Crippen LogP contribution in [0.25, 0.3) is 0 Å². The summed E-state index contributed by atoms with van der Waals surface area (Å²) in [6.45, 7) is 6.04. The van der Waals surface area contributed by atoms with Crippen molar-refractivity contribution in [3.8, 4) is 0 Å². The van der Waals surface area contributed by atoms with Crippen molar-refractivity contribution in [2.45, 2.75) is 57.1 Å². The topological polar surface area (TPSA) is 35.2 Å². The SMILES string of the molecule is C=CCCC(N)C1(OC)CCCC(C)C1. The number of nitrogens with two attached hydrogens (primary N) is 1. The van der Waals surface area contributed by atoms with Gasteiger partial charge in [-0.3, -0.25) is 0 Å². The molecule has 0 bridgehead atoms. The van der Waals surface area contributed by atoms with Crippen LogP contribution in [0.1, 0.15) is 45.4 Å². The Kier molecular flexibility index (Phi) is 4.81. The van der Waals surface area contributed by atoms with Gasteiger partial charge in [0.2, 0.25) is 0 Å². The van der Waals surface area contributed by atoms with Crippen molar-refractivity contribution in [2.24, 2.45) is 11.7 Å². The summed E-state index contributed by atoms with van der Waals surface area (Å²) >= 11 is 0. The lowest BCUT2D eigenvalue weighted by atomic mass is 9.74. The molecule has 0 heterocycles. The Bertz CT molecular complexity index is 205. The zero-order chi connectivity index (χ0) is 11.3. The molecule has 1 saturated carbocycles. The second-order valence-corrected chi connectivity index (χ2v) is 4.94. The Morgan fingerprint density at radius 1 is 1.67 bits per heavy atom. The van der Waals surface area contributed by atoms with Crippen molar-refractivity contribution >= 4 is 0 Å². The third-order valence-corrected chi connectivity index (χ3v) is 3.75. The number of allylic oxidation sites excluding steroid dienone is 1. The summed E-state index contributed by atoms with van der Waals surface area (Å²) in [6, 6.07) is 0.156. The molecule has 2 heteroatoms. The largest absolute Gasteiger partial charge is 0.377 e. The van der Waals surface area contributed by atoms with Gasteiger partial charge in [0, 0.05) is 13.2 Å². The molecule has 0 spiro atoms. The maximum absolute atomic E-state index is 6.27. The van der Waals surface area contributed by atoms with E-state index < -0.39 is 0 Å². The molecule has 1 fully saturated rings. The van der Waals surface area contributed by atoms with Gasteiger partial charge in [0.1, 0.15) is 0 Å². The van der Waals surface area contributed by atoms with E-state index in [-0.39, 0.29) is 11.6 Å². The highest BCUT2D eigenvalue weighted by atomic mass is 16.5. The molecule has 15 heavy (non-hydrogen) atoms. The fraction of sp³-hybridized carbons (Fsp3) is 0.846. The minimum Gasteiger partial charge on any atom is -0.377 e. The van der Waals surface area contributed by atoms with Crippen molar-refractivity contribution < 1.29 is 4.74 Å². The molecule has 2 nitrogen and oxygen atoms in total. The van der Waals surface area contributed by atoms with Crippen LogP contribution in [0.4, 0.5) is 0 Å². The summed E-state index contributed by atoms with van der Waals surface area (Å²) < 4.78 is 5.75. The average molecular weight is 211 g/mol. The number of hydrogen-bond acceptors (Lipinski definition) is 2. The molecule has 3 atom stereocenters. The molecule has 0 aromatic heterocycles. The van der Waals surface area contributed by atoms with Crippen LogP contribution in [0.2, 0.25) is 0 Å². The first-order chi connectivity index (χ1) is 7.14. The van der Waals surface area contributed by atoms with E-state index in [1.54, 1.807) is 0 Å². The molecular weight excluding hydrogens is 186 g/mol. The van der Waals surface area contributed by atoms with E-state index >= 15 is 0 Å². The van der Waals surface area contributed by atoms with Crippen LogP contribution in [-0.2, 0) is 4.74 Å². The Labute approximate surface area is 93.9 Å². The minimum atomic E-state index is -0.0688. The number of ether oxygens (including phenoxy) is 1. The van der Waals surface area contributed by atoms with Gasteiger partial charge in [-0.05, 0) is 31.6 Å². The highest BCUT2D eigenvalue weighted by molar-refractivity contribution is 4.95. The summed E-state index contributed by atoms with van der Waals surface area (Å²) in [4.78, 5) is 0. The van der Waals surface area contributed by atoms with Gasteiger partial charge in [-0.15, -0.1) is 6.58 Å². The molecule has 0 amide bonds. The first kappa shape index (κ1) is 12.7. The van der Waals surface area contributed by atoms with Crippen molar-refractivity contribution in [2.75, 3.05) is 7.11 Å². The van der Waals surface area contributed by atoms with Gasteiger partial charge in [0.25, 0.3) is 0 Å². The molecule has 88 valence electrons. The first-order valence-corrected chi connectivity index (χ1v) is 6.06. The van der Waals surface area contributed by atoms with Gasteiger partial charge < -0.3 is 10.5 Å². The third-order valence-electron chi connectivity index (χ3n) is 3.75. The number of rotatable bonds is 5. The quantitative estimate of drug-likeness (QED) is 0.710. The lowest BCUT2D eigenvalue weighted by Crippen LogP contribution is -2.52. The molecule has 0 radical (unpaired) electrons. The average Bonchev–Trinajstić information content (AvgIpc) is 2.25. The van der Waals surface area contributed by atoms with Crippen LogP contribution >= 0.6 is 0 Å². The Balaban J connectivity index is 2.60. The van der Waals surface area contributed by atoms with Crippen molar-refractivity contribution in [1.82, 2.24) is 0 Å². The second-order valence-electron chi connectivity index (χ2n) is 4.94. The number of hydrogen-bond donors (Lipinski definition) is 1. The van der Waals surface area contributed by atoms with Gasteiger partial charge in [-0.25, -0.2) is 0 Å². The molecule has 2 N–H and O–H groups in total. The van der Waals surface area contributed by atoms with E-state index in [0.29, 0.717) is 0 Å². The summed E-state index contributed by atoms with van der Waals surface area (Å²) in [5.74, 6) is 0.744. The fourth-order valence-corrected chi connectivity index (χ4v) is 2.78. The second kappa shape index (κ2) is 5.66. The molecular formula is C13H25NO. The number of methoxy groups -OCH3 is 1. The Hall–Kier alpha value is -0.340. The van der Waals surface area contributed by atoms with E-state index in [1.165, 1.54) is 12.8 Å². The van der Waals surface area contributed by atoms with Gasteiger partial charge in [0.15, 0.2) is 0 Å². The van der Waals surface area contributed by atoms with Crippen LogP contribution < -0.4 is 5.73 Å². The molecule has 0 saturated heterocycles. The highest BCUT2D eigenvalue weighted by Crippen LogP contribution is 2.37. The summed E-state index contributed by atoms with van der Waals surface area (Å²) in [5, 5.41) is 0. The third kappa shape index (κ3) is 3.05. The zero-order valence-electron chi connectivity index (χ0n) is 10.2. The highest BCUT2D eigenvalue weighted by Gasteiger charge is 2.39. The Morgan fingerprint density at radius 3 is 2.93 bits per heavy atom. The van der Waals surface area contributed by atoms with Gasteiger partial charge in [-0.1, -0.05) is 25.8 Å². The lowest BCUT2D eigenvalue weighted by Gasteiger charge is -2.43. The van der Waals surface area contributed by atoms with Crippen molar-refractivity contribution in [3.63, 3.8) is 0 Å². The van der Waals surface area contributed by atoms with Crippen LogP contribution in [-0.4, -0.2) is 18.8 Å². The zero-order valence-corrected chi connectivity index (χ0v) is 10.2. The molecule has 0 aromatic carbocycles. The smallest absolute Gasteiger partial charge is 0.0831 e. The molecule has 1 aliphatic carbocycles. The standard InChI is InChI=1S/C13H25NO/c1-4-5-8-12(14)13(15-3)9-6-7-11(2)10-13/h4,11-12H,1,5-10,14H2,2-3H3.